The van der Waals surface area contributed by atoms with Gasteiger partial charge in [-0.05, 0) is 44.3 Å². The van der Waals surface area contributed by atoms with Crippen LogP contribution in [0.2, 0.25) is 0 Å². The van der Waals surface area contributed by atoms with E-state index in [1.807, 2.05) is 6.07 Å². The summed E-state index contributed by atoms with van der Waals surface area (Å²) in [7, 11) is -4.50. The van der Waals surface area contributed by atoms with E-state index in [4.69, 9.17) is 5.26 Å². The van der Waals surface area contributed by atoms with Crippen molar-refractivity contribution < 1.29 is 47.3 Å². The molecule has 0 bridgehead atoms. The Bertz CT molecular complexity index is 682. The third kappa shape index (κ3) is 6.25. The molecule has 0 saturated carbocycles. The average molecular weight is 331 g/mol. The Balaban J connectivity index is 0.00000441. The zero-order chi connectivity index (χ0) is 16.1. The summed E-state index contributed by atoms with van der Waals surface area (Å²) in [6, 6.07) is 6.82. The van der Waals surface area contributed by atoms with Crippen molar-refractivity contribution in [3.8, 4) is 6.07 Å². The number of carbonyl (C=O) groups is 1. The molecule has 22 heavy (non-hydrogen) atoms. The van der Waals surface area contributed by atoms with Crippen LogP contribution in [0.5, 0.6) is 0 Å². The van der Waals surface area contributed by atoms with Crippen LogP contribution in [0, 0.1) is 11.3 Å². The van der Waals surface area contributed by atoms with Gasteiger partial charge >= 0.3 is 29.6 Å². The van der Waals surface area contributed by atoms with Gasteiger partial charge in [0.1, 0.15) is 15.7 Å². The second-order valence-corrected chi connectivity index (χ2v) is 5.95. The van der Waals surface area contributed by atoms with Crippen LogP contribution in [0.1, 0.15) is 19.8 Å². The van der Waals surface area contributed by atoms with Crippen LogP contribution < -0.4 is 34.9 Å². The number of carbonyl (C=O) groups excluding carboxylic acids is 1. The summed E-state index contributed by atoms with van der Waals surface area (Å²) in [6.45, 7) is 4.88. The first-order valence-corrected chi connectivity index (χ1v) is 7.36. The molecule has 0 radical (unpaired) electrons. The van der Waals surface area contributed by atoms with Gasteiger partial charge in [0.05, 0.1) is 11.0 Å². The van der Waals surface area contributed by atoms with E-state index in [9.17, 15) is 17.8 Å². The summed E-state index contributed by atoms with van der Waals surface area (Å²) in [5.74, 6) is -0.349. The Hall–Kier alpha value is -1.24. The molecule has 0 aliphatic heterocycles. The predicted molar refractivity (Wildman–Crippen MR) is 75.8 cm³/mol. The average Bonchev–Trinajstić information content (AvgIpc) is 2.44. The van der Waals surface area contributed by atoms with Crippen molar-refractivity contribution in [2.24, 2.45) is 4.99 Å². The van der Waals surface area contributed by atoms with E-state index in [-0.39, 0.29) is 53.2 Å². The number of amides is 1. The predicted octanol–water partition coefficient (Wildman–Crippen LogP) is -1.70. The number of nitrogens with one attached hydrogen (secondary N) is 1. The fraction of sp³-hybridized carbons (Fsp3) is 0.308. The van der Waals surface area contributed by atoms with Gasteiger partial charge in [0, 0.05) is 12.1 Å². The molecular formula is C13H14N3NaO4S. The van der Waals surface area contributed by atoms with Crippen LogP contribution in [0.3, 0.4) is 0 Å². The number of aliphatic imine (C=N–C) groups is 1. The molecule has 7 nitrogen and oxygen atoms in total. The Labute approximate surface area is 151 Å². The standard InChI is InChI=1S/C13H15N3O4S.Na/c1-13(9-14,15-2)8-7-12(17)16-10-3-5-11(6-4-10)21(18,19)20;/h3-6H,2,7-8H2,1H3,(H,16,17)(H,18,19,20);/q;+1/p-1. The van der Waals surface area contributed by atoms with Gasteiger partial charge in [0.25, 0.3) is 0 Å². The molecule has 112 valence electrons. The summed E-state index contributed by atoms with van der Waals surface area (Å²) in [5.41, 5.74) is -0.657. The fourth-order valence-corrected chi connectivity index (χ4v) is 1.93. The smallest absolute Gasteiger partial charge is 0.744 e. The summed E-state index contributed by atoms with van der Waals surface area (Å²) >= 11 is 0. The monoisotopic (exact) mass is 331 g/mol. The van der Waals surface area contributed by atoms with Gasteiger partial charge in [-0.15, -0.1) is 0 Å². The molecule has 1 aromatic rings. The Morgan fingerprint density at radius 2 is 2.00 bits per heavy atom. The molecule has 0 aromatic heterocycles. The van der Waals surface area contributed by atoms with Crippen molar-refractivity contribution in [1.82, 2.24) is 0 Å². The third-order valence-corrected chi connectivity index (χ3v) is 3.70. The maximum absolute atomic E-state index is 11.7. The van der Waals surface area contributed by atoms with Gasteiger partial charge in [-0.2, -0.15) is 5.26 Å². The Morgan fingerprint density at radius 1 is 1.45 bits per heavy atom. The van der Waals surface area contributed by atoms with Crippen LogP contribution in [-0.4, -0.2) is 31.1 Å². The Morgan fingerprint density at radius 3 is 2.41 bits per heavy atom. The van der Waals surface area contributed by atoms with Gasteiger partial charge in [-0.1, -0.05) is 0 Å². The van der Waals surface area contributed by atoms with Crippen molar-refractivity contribution in [3.63, 3.8) is 0 Å². The number of hydrogen-bond acceptors (Lipinski definition) is 6. The van der Waals surface area contributed by atoms with Crippen molar-refractivity contribution in [2.45, 2.75) is 30.2 Å². The SMILES string of the molecule is C=NC(C)(C#N)CCC(=O)Nc1ccc(S(=O)(=O)[O-])cc1.[Na+]. The fourth-order valence-electron chi connectivity index (χ4n) is 1.46. The van der Waals surface area contributed by atoms with Gasteiger partial charge in [-0.3, -0.25) is 9.79 Å². The molecule has 1 atom stereocenters. The molecule has 1 aromatic carbocycles. The molecule has 9 heteroatoms. The van der Waals surface area contributed by atoms with Crippen molar-refractivity contribution in [1.29, 1.82) is 5.26 Å². The van der Waals surface area contributed by atoms with Crippen LogP contribution in [0.15, 0.2) is 34.2 Å². The van der Waals surface area contributed by atoms with E-state index in [1.165, 1.54) is 12.1 Å². The van der Waals surface area contributed by atoms with Gasteiger partial charge in [0.2, 0.25) is 5.91 Å². The summed E-state index contributed by atoms with van der Waals surface area (Å²) in [6.07, 6.45) is 0.274. The molecule has 1 rings (SSSR count). The molecule has 0 aliphatic carbocycles. The largest absolute Gasteiger partial charge is 1.00 e. The molecule has 0 aliphatic rings. The van der Waals surface area contributed by atoms with Gasteiger partial charge < -0.3 is 9.87 Å². The number of benzene rings is 1. The van der Waals surface area contributed by atoms with Crippen molar-refractivity contribution in [2.75, 3.05) is 5.32 Å². The molecule has 1 amide bonds. The van der Waals surface area contributed by atoms with Crippen LogP contribution >= 0.6 is 0 Å². The first-order valence-electron chi connectivity index (χ1n) is 5.95. The zero-order valence-corrected chi connectivity index (χ0v) is 15.2. The molecule has 1 N–H and O–H groups in total. The molecule has 0 heterocycles. The second-order valence-electron chi connectivity index (χ2n) is 4.57. The molecule has 0 spiro atoms. The number of nitriles is 1. The number of hydrogen-bond donors (Lipinski definition) is 1. The van der Waals surface area contributed by atoms with Crippen molar-refractivity contribution >= 4 is 28.4 Å². The van der Waals surface area contributed by atoms with E-state index >= 15 is 0 Å². The number of anilines is 1. The third-order valence-electron chi connectivity index (χ3n) is 2.86. The summed E-state index contributed by atoms with van der Waals surface area (Å²) in [4.78, 5) is 15.0. The van der Waals surface area contributed by atoms with E-state index < -0.39 is 15.7 Å². The summed E-state index contributed by atoms with van der Waals surface area (Å²) < 4.78 is 32.3. The van der Waals surface area contributed by atoms with Crippen LogP contribution in [0.25, 0.3) is 0 Å². The normalized spacial score (nSPS) is 13.1. The van der Waals surface area contributed by atoms with E-state index in [2.05, 4.69) is 17.0 Å². The van der Waals surface area contributed by atoms with Crippen LogP contribution in [-0.2, 0) is 14.9 Å². The number of rotatable bonds is 6. The maximum Gasteiger partial charge on any atom is 1.00 e. The van der Waals surface area contributed by atoms with Gasteiger partial charge in [-0.25, -0.2) is 8.42 Å². The minimum atomic E-state index is -4.50. The van der Waals surface area contributed by atoms with E-state index in [1.54, 1.807) is 6.92 Å². The second kappa shape index (κ2) is 8.41. The van der Waals surface area contributed by atoms with E-state index in [0.717, 1.165) is 12.1 Å². The van der Waals surface area contributed by atoms with E-state index in [0.29, 0.717) is 5.69 Å². The molecular weight excluding hydrogens is 317 g/mol. The minimum absolute atomic E-state index is 0. The quantitative estimate of drug-likeness (QED) is 0.378. The maximum atomic E-state index is 11.7. The first-order chi connectivity index (χ1) is 9.70. The van der Waals surface area contributed by atoms with Crippen LogP contribution in [0.4, 0.5) is 5.69 Å². The topological polar surface area (TPSA) is 122 Å². The summed E-state index contributed by atoms with van der Waals surface area (Å²) in [5, 5.41) is 11.4. The Kier molecular flexibility index (Phi) is 7.93. The minimum Gasteiger partial charge on any atom is -0.744 e. The van der Waals surface area contributed by atoms with Crippen molar-refractivity contribution in [3.05, 3.63) is 24.3 Å². The zero-order valence-electron chi connectivity index (χ0n) is 12.4. The first kappa shape index (κ1) is 20.8. The molecule has 1 unspecified atom stereocenters. The molecule has 0 saturated heterocycles. The van der Waals surface area contributed by atoms with Gasteiger partial charge in [0.15, 0.2) is 0 Å². The molecule has 0 fully saturated rings. The number of nitrogens with zero attached hydrogens (tertiary/aromatic N) is 2.